The van der Waals surface area contributed by atoms with E-state index in [1.165, 1.54) is 0 Å². The van der Waals surface area contributed by atoms with Gasteiger partial charge in [0.05, 0.1) is 6.04 Å². The molecule has 0 fully saturated rings. The van der Waals surface area contributed by atoms with Gasteiger partial charge in [0.1, 0.15) is 0 Å². The van der Waals surface area contributed by atoms with E-state index in [0.29, 0.717) is 12.8 Å². The van der Waals surface area contributed by atoms with E-state index in [1.807, 2.05) is 38.1 Å². The van der Waals surface area contributed by atoms with E-state index in [0.717, 1.165) is 16.5 Å². The van der Waals surface area contributed by atoms with Crippen molar-refractivity contribution in [3.63, 3.8) is 0 Å². The van der Waals surface area contributed by atoms with Gasteiger partial charge < -0.3 is 11.1 Å². The van der Waals surface area contributed by atoms with Crippen molar-refractivity contribution in [1.29, 1.82) is 0 Å². The molecule has 1 aromatic carbocycles. The molecule has 1 atom stereocenters. The van der Waals surface area contributed by atoms with Crippen LogP contribution in [0.2, 0.25) is 0 Å². The maximum atomic E-state index is 11.9. The molecule has 4 heteroatoms. The zero-order valence-corrected chi connectivity index (χ0v) is 13.5. The van der Waals surface area contributed by atoms with Gasteiger partial charge in [-0.15, -0.1) is 0 Å². The van der Waals surface area contributed by atoms with E-state index < -0.39 is 0 Å². The van der Waals surface area contributed by atoms with E-state index >= 15 is 0 Å². The Morgan fingerprint density at radius 3 is 2.42 bits per heavy atom. The molecular formula is C15H23BrN2O. The molecule has 0 heterocycles. The molecule has 0 saturated heterocycles. The number of benzene rings is 1. The monoisotopic (exact) mass is 326 g/mol. The topological polar surface area (TPSA) is 55.1 Å². The Morgan fingerprint density at radius 2 is 1.95 bits per heavy atom. The van der Waals surface area contributed by atoms with Crippen LogP contribution in [0.15, 0.2) is 28.7 Å². The lowest BCUT2D eigenvalue weighted by Gasteiger charge is -2.21. The Balaban J connectivity index is 2.57. The third kappa shape index (κ3) is 6.21. The van der Waals surface area contributed by atoms with Gasteiger partial charge >= 0.3 is 0 Å². The van der Waals surface area contributed by atoms with Crippen LogP contribution in [0.5, 0.6) is 0 Å². The van der Waals surface area contributed by atoms with Crippen LogP contribution in [-0.4, -0.2) is 11.4 Å². The lowest BCUT2D eigenvalue weighted by atomic mass is 9.99. The van der Waals surface area contributed by atoms with Crippen molar-refractivity contribution in [3.8, 4) is 0 Å². The number of carbonyl (C=O) groups is 1. The first-order chi connectivity index (χ1) is 8.81. The average Bonchev–Trinajstić information content (AvgIpc) is 2.34. The van der Waals surface area contributed by atoms with E-state index in [4.69, 9.17) is 5.73 Å². The van der Waals surface area contributed by atoms with E-state index in [-0.39, 0.29) is 17.5 Å². The second-order valence-electron chi connectivity index (χ2n) is 5.57. The first-order valence-electron chi connectivity index (χ1n) is 6.65. The molecule has 0 radical (unpaired) electrons. The second kappa shape index (κ2) is 7.06. The summed E-state index contributed by atoms with van der Waals surface area (Å²) in [5, 5.41) is 3.07. The van der Waals surface area contributed by atoms with Gasteiger partial charge in [0.15, 0.2) is 0 Å². The molecule has 1 unspecified atom stereocenters. The van der Waals surface area contributed by atoms with Gasteiger partial charge in [-0.3, -0.25) is 4.79 Å². The van der Waals surface area contributed by atoms with Crippen LogP contribution >= 0.6 is 15.9 Å². The average molecular weight is 327 g/mol. The molecule has 3 nitrogen and oxygen atoms in total. The highest BCUT2D eigenvalue weighted by molar-refractivity contribution is 9.10. The summed E-state index contributed by atoms with van der Waals surface area (Å²) in [5.41, 5.74) is 6.73. The fourth-order valence-electron chi connectivity index (χ4n) is 1.82. The van der Waals surface area contributed by atoms with Gasteiger partial charge in [0.25, 0.3) is 0 Å². The Kier molecular flexibility index (Phi) is 6.01. The van der Waals surface area contributed by atoms with Crippen molar-refractivity contribution < 1.29 is 4.79 Å². The minimum atomic E-state index is -0.295. The number of nitrogens with two attached hydrogens (primary N) is 1. The standard InChI is InChI=1S/C15H23BrN2O/c1-4-13(11-5-7-12(16)8-6-11)18-14(19)9-10-15(2,3)17/h5-8,13H,4,9-10,17H2,1-3H3,(H,18,19). The van der Waals surface area contributed by atoms with Crippen LogP contribution in [0.25, 0.3) is 0 Å². The Morgan fingerprint density at radius 1 is 1.37 bits per heavy atom. The van der Waals surface area contributed by atoms with Gasteiger partial charge in [-0.25, -0.2) is 0 Å². The van der Waals surface area contributed by atoms with Gasteiger partial charge in [0, 0.05) is 16.4 Å². The van der Waals surface area contributed by atoms with Crippen LogP contribution in [0, 0.1) is 0 Å². The molecule has 0 saturated carbocycles. The van der Waals surface area contributed by atoms with Crippen LogP contribution in [0.4, 0.5) is 0 Å². The highest BCUT2D eigenvalue weighted by Gasteiger charge is 2.16. The summed E-state index contributed by atoms with van der Waals surface area (Å²) in [7, 11) is 0. The summed E-state index contributed by atoms with van der Waals surface area (Å²) in [6.45, 7) is 5.94. The minimum Gasteiger partial charge on any atom is -0.349 e. The summed E-state index contributed by atoms with van der Waals surface area (Å²) in [4.78, 5) is 11.9. The third-order valence-electron chi connectivity index (χ3n) is 3.01. The maximum absolute atomic E-state index is 11.9. The van der Waals surface area contributed by atoms with Crippen molar-refractivity contribution in [3.05, 3.63) is 34.3 Å². The van der Waals surface area contributed by atoms with Crippen LogP contribution < -0.4 is 11.1 Å². The molecule has 0 aliphatic carbocycles. The molecule has 0 spiro atoms. The molecule has 0 aromatic heterocycles. The second-order valence-corrected chi connectivity index (χ2v) is 6.48. The Bertz CT molecular complexity index is 409. The number of amides is 1. The van der Waals surface area contributed by atoms with E-state index in [9.17, 15) is 4.79 Å². The number of carbonyl (C=O) groups excluding carboxylic acids is 1. The molecule has 0 aliphatic rings. The highest BCUT2D eigenvalue weighted by Crippen LogP contribution is 2.20. The van der Waals surface area contributed by atoms with E-state index in [1.54, 1.807) is 0 Å². The minimum absolute atomic E-state index is 0.0632. The smallest absolute Gasteiger partial charge is 0.220 e. The maximum Gasteiger partial charge on any atom is 0.220 e. The zero-order chi connectivity index (χ0) is 14.5. The van der Waals surface area contributed by atoms with Crippen molar-refractivity contribution >= 4 is 21.8 Å². The fourth-order valence-corrected chi connectivity index (χ4v) is 2.08. The van der Waals surface area contributed by atoms with Crippen molar-refractivity contribution in [2.24, 2.45) is 5.73 Å². The van der Waals surface area contributed by atoms with Crippen molar-refractivity contribution in [1.82, 2.24) is 5.32 Å². The van der Waals surface area contributed by atoms with Crippen LogP contribution in [-0.2, 0) is 4.79 Å². The lowest BCUT2D eigenvalue weighted by molar-refractivity contribution is -0.122. The van der Waals surface area contributed by atoms with Crippen molar-refractivity contribution in [2.75, 3.05) is 0 Å². The molecule has 1 rings (SSSR count). The van der Waals surface area contributed by atoms with Crippen molar-refractivity contribution in [2.45, 2.75) is 51.6 Å². The molecule has 1 amide bonds. The quantitative estimate of drug-likeness (QED) is 0.840. The van der Waals surface area contributed by atoms with Crippen LogP contribution in [0.1, 0.15) is 51.6 Å². The first kappa shape index (κ1) is 16.2. The Hall–Kier alpha value is -0.870. The predicted molar refractivity (Wildman–Crippen MR) is 82.8 cm³/mol. The van der Waals surface area contributed by atoms with E-state index in [2.05, 4.69) is 28.2 Å². The number of halogens is 1. The summed E-state index contributed by atoms with van der Waals surface area (Å²) in [6.07, 6.45) is 2.03. The number of hydrogen-bond donors (Lipinski definition) is 2. The van der Waals surface area contributed by atoms with Gasteiger partial charge in [-0.1, -0.05) is 35.0 Å². The molecule has 3 N–H and O–H groups in total. The predicted octanol–water partition coefficient (Wildman–Crippen LogP) is 3.53. The molecular weight excluding hydrogens is 304 g/mol. The summed E-state index contributed by atoms with van der Waals surface area (Å²) < 4.78 is 1.04. The molecule has 19 heavy (non-hydrogen) atoms. The number of rotatable bonds is 6. The van der Waals surface area contributed by atoms with Gasteiger partial charge in [-0.05, 0) is 44.4 Å². The number of hydrogen-bond acceptors (Lipinski definition) is 2. The summed E-state index contributed by atoms with van der Waals surface area (Å²) in [5.74, 6) is 0.0632. The molecule has 0 aliphatic heterocycles. The summed E-state index contributed by atoms with van der Waals surface area (Å²) in [6, 6.07) is 8.12. The Labute approximate surface area is 124 Å². The van der Waals surface area contributed by atoms with Crippen LogP contribution in [0.3, 0.4) is 0 Å². The SMILES string of the molecule is CCC(NC(=O)CCC(C)(C)N)c1ccc(Br)cc1. The van der Waals surface area contributed by atoms with Gasteiger partial charge in [-0.2, -0.15) is 0 Å². The lowest BCUT2D eigenvalue weighted by Crippen LogP contribution is -2.35. The molecule has 1 aromatic rings. The van der Waals surface area contributed by atoms with Gasteiger partial charge in [0.2, 0.25) is 5.91 Å². The number of nitrogens with one attached hydrogen (secondary N) is 1. The molecule has 0 bridgehead atoms. The summed E-state index contributed by atoms with van der Waals surface area (Å²) >= 11 is 3.41. The first-order valence-corrected chi connectivity index (χ1v) is 7.45. The zero-order valence-electron chi connectivity index (χ0n) is 11.9. The highest BCUT2D eigenvalue weighted by atomic mass is 79.9. The normalized spacial score (nSPS) is 13.1. The molecule has 106 valence electrons. The fraction of sp³-hybridized carbons (Fsp3) is 0.533. The largest absolute Gasteiger partial charge is 0.349 e. The third-order valence-corrected chi connectivity index (χ3v) is 3.54.